The molecule has 0 fully saturated rings. The average molecular weight is 381 g/mol. The Kier molecular flexibility index (Phi) is 6.57. The first kappa shape index (κ1) is 21.2. The highest BCUT2D eigenvalue weighted by atomic mass is 16.2. The summed E-state index contributed by atoms with van der Waals surface area (Å²) in [5.41, 5.74) is 1.59. The first-order chi connectivity index (χ1) is 13.1. The molecular weight excluding hydrogens is 354 g/mol. The van der Waals surface area contributed by atoms with Crippen molar-refractivity contribution in [1.82, 2.24) is 0 Å². The number of hydrogen-bond acceptors (Lipinski definition) is 3. The molecule has 0 radical (unpaired) electrons. The van der Waals surface area contributed by atoms with E-state index in [0.29, 0.717) is 23.0 Å². The standard InChI is InChI=1S/C22H27N3O3/c1-14(2)16-9-11-17(12-10-16)24-20(27)22(4,5)21(28)25-19-8-6-7-18(13-19)23-15(3)26/h6-14H,1-5H3,(H,23,26)(H,24,27)(H,25,28). The number of anilines is 3. The van der Waals surface area contributed by atoms with Gasteiger partial charge in [0.2, 0.25) is 17.7 Å². The van der Waals surface area contributed by atoms with Crippen molar-refractivity contribution in [2.45, 2.75) is 40.5 Å². The normalized spacial score (nSPS) is 11.1. The van der Waals surface area contributed by atoms with Crippen LogP contribution in [0.3, 0.4) is 0 Å². The van der Waals surface area contributed by atoms with Crippen LogP contribution in [0.5, 0.6) is 0 Å². The summed E-state index contributed by atoms with van der Waals surface area (Å²) >= 11 is 0. The quantitative estimate of drug-likeness (QED) is 0.649. The molecule has 28 heavy (non-hydrogen) atoms. The van der Waals surface area contributed by atoms with Crippen LogP contribution >= 0.6 is 0 Å². The molecule has 0 aliphatic heterocycles. The highest BCUT2D eigenvalue weighted by Crippen LogP contribution is 2.24. The maximum absolute atomic E-state index is 12.7. The number of rotatable bonds is 6. The largest absolute Gasteiger partial charge is 0.326 e. The number of carbonyl (C=O) groups excluding carboxylic acids is 3. The second-order valence-electron chi connectivity index (χ2n) is 7.57. The summed E-state index contributed by atoms with van der Waals surface area (Å²) in [6.45, 7) is 8.74. The molecule has 2 aromatic carbocycles. The molecule has 0 bridgehead atoms. The minimum atomic E-state index is -1.29. The van der Waals surface area contributed by atoms with Crippen molar-refractivity contribution in [2.75, 3.05) is 16.0 Å². The summed E-state index contributed by atoms with van der Waals surface area (Å²) in [7, 11) is 0. The fourth-order valence-corrected chi connectivity index (χ4v) is 2.51. The maximum atomic E-state index is 12.7. The molecule has 2 aromatic rings. The Labute approximate surface area is 165 Å². The van der Waals surface area contributed by atoms with Gasteiger partial charge in [0.05, 0.1) is 0 Å². The van der Waals surface area contributed by atoms with Crippen molar-refractivity contribution in [1.29, 1.82) is 0 Å². The number of benzene rings is 2. The van der Waals surface area contributed by atoms with E-state index in [0.717, 1.165) is 0 Å². The first-order valence-corrected chi connectivity index (χ1v) is 9.20. The van der Waals surface area contributed by atoms with E-state index in [4.69, 9.17) is 0 Å². The molecule has 0 spiro atoms. The van der Waals surface area contributed by atoms with Gasteiger partial charge in [0.25, 0.3) is 0 Å². The van der Waals surface area contributed by atoms with Gasteiger partial charge in [-0.25, -0.2) is 0 Å². The second kappa shape index (κ2) is 8.69. The Morgan fingerprint density at radius 2 is 1.29 bits per heavy atom. The fourth-order valence-electron chi connectivity index (χ4n) is 2.51. The highest BCUT2D eigenvalue weighted by Gasteiger charge is 2.36. The van der Waals surface area contributed by atoms with E-state index < -0.39 is 17.2 Å². The zero-order valence-corrected chi connectivity index (χ0v) is 16.9. The Hall–Kier alpha value is -3.15. The molecule has 6 nitrogen and oxygen atoms in total. The molecule has 0 unspecified atom stereocenters. The summed E-state index contributed by atoms with van der Waals surface area (Å²) in [4.78, 5) is 36.5. The lowest BCUT2D eigenvalue weighted by Crippen LogP contribution is -2.41. The molecule has 3 N–H and O–H groups in total. The van der Waals surface area contributed by atoms with E-state index in [1.807, 2.05) is 24.3 Å². The van der Waals surface area contributed by atoms with Crippen LogP contribution in [-0.4, -0.2) is 17.7 Å². The zero-order chi connectivity index (χ0) is 20.9. The highest BCUT2D eigenvalue weighted by molar-refractivity contribution is 6.14. The van der Waals surface area contributed by atoms with Gasteiger partial charge in [0.1, 0.15) is 5.41 Å². The van der Waals surface area contributed by atoms with E-state index in [2.05, 4.69) is 29.8 Å². The summed E-state index contributed by atoms with van der Waals surface area (Å²) in [5.74, 6) is -0.643. The predicted molar refractivity (Wildman–Crippen MR) is 112 cm³/mol. The third-order valence-corrected chi connectivity index (χ3v) is 4.41. The van der Waals surface area contributed by atoms with Crippen LogP contribution in [0, 0.1) is 5.41 Å². The minimum Gasteiger partial charge on any atom is -0.326 e. The van der Waals surface area contributed by atoms with Crippen molar-refractivity contribution in [2.24, 2.45) is 5.41 Å². The van der Waals surface area contributed by atoms with E-state index in [1.54, 1.807) is 38.1 Å². The number of hydrogen-bond donors (Lipinski definition) is 3. The van der Waals surface area contributed by atoms with Crippen molar-refractivity contribution in [3.05, 3.63) is 54.1 Å². The van der Waals surface area contributed by atoms with Crippen LogP contribution in [0.1, 0.15) is 46.1 Å². The fraction of sp³-hybridized carbons (Fsp3) is 0.318. The van der Waals surface area contributed by atoms with Gasteiger partial charge in [0, 0.05) is 24.0 Å². The SMILES string of the molecule is CC(=O)Nc1cccc(NC(=O)C(C)(C)C(=O)Nc2ccc(C(C)C)cc2)c1. The van der Waals surface area contributed by atoms with Crippen molar-refractivity contribution in [3.63, 3.8) is 0 Å². The molecule has 0 aliphatic carbocycles. The summed E-state index contributed by atoms with van der Waals surface area (Å²) < 4.78 is 0. The zero-order valence-electron chi connectivity index (χ0n) is 16.9. The van der Waals surface area contributed by atoms with Crippen LogP contribution < -0.4 is 16.0 Å². The van der Waals surface area contributed by atoms with E-state index in [9.17, 15) is 14.4 Å². The van der Waals surface area contributed by atoms with Gasteiger partial charge in [-0.15, -0.1) is 0 Å². The van der Waals surface area contributed by atoms with Crippen LogP contribution in [-0.2, 0) is 14.4 Å². The van der Waals surface area contributed by atoms with Crippen molar-refractivity contribution in [3.8, 4) is 0 Å². The molecule has 0 aromatic heterocycles. The minimum absolute atomic E-state index is 0.202. The molecule has 0 heterocycles. The van der Waals surface area contributed by atoms with Crippen LogP contribution in [0.2, 0.25) is 0 Å². The van der Waals surface area contributed by atoms with Crippen LogP contribution in [0.15, 0.2) is 48.5 Å². The van der Waals surface area contributed by atoms with Gasteiger partial charge in [-0.3, -0.25) is 14.4 Å². The van der Waals surface area contributed by atoms with Gasteiger partial charge in [-0.2, -0.15) is 0 Å². The molecule has 2 rings (SSSR count). The van der Waals surface area contributed by atoms with Crippen LogP contribution in [0.25, 0.3) is 0 Å². The molecule has 3 amide bonds. The smallest absolute Gasteiger partial charge is 0.239 e. The van der Waals surface area contributed by atoms with Gasteiger partial charge < -0.3 is 16.0 Å². The monoisotopic (exact) mass is 381 g/mol. The lowest BCUT2D eigenvalue weighted by Gasteiger charge is -2.23. The summed E-state index contributed by atoms with van der Waals surface area (Å²) in [5, 5.41) is 8.19. The van der Waals surface area contributed by atoms with Crippen molar-refractivity contribution >= 4 is 34.8 Å². The lowest BCUT2D eigenvalue weighted by atomic mass is 9.90. The van der Waals surface area contributed by atoms with Crippen molar-refractivity contribution < 1.29 is 14.4 Å². The van der Waals surface area contributed by atoms with E-state index in [-0.39, 0.29) is 5.91 Å². The molecule has 148 valence electrons. The van der Waals surface area contributed by atoms with Crippen LogP contribution in [0.4, 0.5) is 17.1 Å². The molecule has 0 aliphatic rings. The Balaban J connectivity index is 2.06. The van der Waals surface area contributed by atoms with Gasteiger partial charge in [-0.05, 0) is 55.7 Å². The topological polar surface area (TPSA) is 87.3 Å². The predicted octanol–water partition coefficient (Wildman–Crippen LogP) is 4.37. The van der Waals surface area contributed by atoms with Gasteiger partial charge in [0.15, 0.2) is 0 Å². The first-order valence-electron chi connectivity index (χ1n) is 9.20. The number of carbonyl (C=O) groups is 3. The Morgan fingerprint density at radius 1 is 0.786 bits per heavy atom. The van der Waals surface area contributed by atoms with E-state index >= 15 is 0 Å². The molecule has 0 saturated heterocycles. The molecule has 0 atom stereocenters. The number of amides is 3. The Bertz CT molecular complexity index is 871. The molecular formula is C22H27N3O3. The average Bonchev–Trinajstić information content (AvgIpc) is 2.61. The molecule has 0 saturated carbocycles. The third-order valence-electron chi connectivity index (χ3n) is 4.41. The lowest BCUT2D eigenvalue weighted by molar-refractivity contribution is -0.135. The molecule has 6 heteroatoms. The maximum Gasteiger partial charge on any atom is 0.239 e. The number of nitrogens with one attached hydrogen (secondary N) is 3. The summed E-state index contributed by atoms with van der Waals surface area (Å²) in [6.07, 6.45) is 0. The van der Waals surface area contributed by atoms with Gasteiger partial charge >= 0.3 is 0 Å². The summed E-state index contributed by atoms with van der Waals surface area (Å²) in [6, 6.07) is 14.3. The Morgan fingerprint density at radius 3 is 1.79 bits per heavy atom. The third kappa shape index (κ3) is 5.42. The van der Waals surface area contributed by atoms with Gasteiger partial charge in [-0.1, -0.05) is 32.0 Å². The van der Waals surface area contributed by atoms with E-state index in [1.165, 1.54) is 12.5 Å². The second-order valence-corrected chi connectivity index (χ2v) is 7.57.